The Kier molecular flexibility index (Phi) is 6.69. The zero-order valence-corrected chi connectivity index (χ0v) is 19.0. The van der Waals surface area contributed by atoms with Crippen LogP contribution in [0.5, 0.6) is 0 Å². The maximum absolute atomic E-state index is 15.8. The summed E-state index contributed by atoms with van der Waals surface area (Å²) in [4.78, 5) is 30.2. The first-order valence-electron chi connectivity index (χ1n) is 11.0. The SMILES string of the molecule is CC1CN(c2cc(F)c(C3=CCNC3)c(F)c2NC(=O)c2c[nH]c(=O)cc2C(F)(F)F)CCN1C. The van der Waals surface area contributed by atoms with Crippen molar-refractivity contribution in [2.24, 2.45) is 0 Å². The first-order valence-corrected chi connectivity index (χ1v) is 11.0. The van der Waals surface area contributed by atoms with Gasteiger partial charge in [-0.2, -0.15) is 13.2 Å². The van der Waals surface area contributed by atoms with E-state index in [1.807, 2.05) is 19.0 Å². The minimum atomic E-state index is -5.00. The number of H-pyrrole nitrogens is 1. The Labute approximate surface area is 197 Å². The molecule has 3 N–H and O–H groups in total. The number of carbonyl (C=O) groups is 1. The third-order valence-electron chi connectivity index (χ3n) is 6.34. The quantitative estimate of drug-likeness (QED) is 0.566. The average Bonchev–Trinajstić information content (AvgIpc) is 3.31. The number of piperazine rings is 1. The number of benzene rings is 1. The molecule has 3 heterocycles. The summed E-state index contributed by atoms with van der Waals surface area (Å²) in [6.07, 6.45) is -2.76. The van der Waals surface area contributed by atoms with Crippen molar-refractivity contribution >= 4 is 22.9 Å². The smallest absolute Gasteiger partial charge is 0.367 e. The Balaban J connectivity index is 1.82. The average molecular weight is 497 g/mol. The van der Waals surface area contributed by atoms with Crippen molar-refractivity contribution in [2.75, 3.05) is 50.0 Å². The lowest BCUT2D eigenvalue weighted by Crippen LogP contribution is -2.50. The standard InChI is InChI=1S/C23H24F5N5O2/c1-12-11-33(6-5-32(12)2)17-8-16(24)19(13-3-4-29-9-13)20(25)21(17)31-22(35)14-10-30-18(34)7-15(14)23(26,27)28/h3,7-8,10,12,29H,4-6,9,11H2,1-2H3,(H,30,34)(H,31,35). The number of aromatic amines is 1. The normalized spacial score (nSPS) is 19.1. The van der Waals surface area contributed by atoms with Crippen LogP contribution in [0.4, 0.5) is 33.3 Å². The molecule has 1 aromatic carbocycles. The number of carbonyl (C=O) groups excluding carboxylic acids is 1. The molecule has 1 unspecified atom stereocenters. The van der Waals surface area contributed by atoms with Gasteiger partial charge in [0.05, 0.1) is 22.4 Å². The number of hydrogen-bond acceptors (Lipinski definition) is 5. The molecule has 1 amide bonds. The predicted octanol–water partition coefficient (Wildman–Crippen LogP) is 3.05. The number of pyridine rings is 1. The number of amides is 1. The molecule has 0 spiro atoms. The minimum Gasteiger partial charge on any atom is -0.367 e. The molecular weight excluding hydrogens is 473 g/mol. The van der Waals surface area contributed by atoms with Crippen LogP contribution in [0.25, 0.3) is 5.57 Å². The topological polar surface area (TPSA) is 80.5 Å². The molecule has 12 heteroatoms. The van der Waals surface area contributed by atoms with Gasteiger partial charge < -0.3 is 25.4 Å². The molecule has 188 valence electrons. The molecule has 4 rings (SSSR count). The van der Waals surface area contributed by atoms with E-state index < -0.39 is 46.1 Å². The third-order valence-corrected chi connectivity index (χ3v) is 6.34. The largest absolute Gasteiger partial charge is 0.417 e. The summed E-state index contributed by atoms with van der Waals surface area (Å²) in [7, 11) is 1.91. The first kappa shape index (κ1) is 24.9. The van der Waals surface area contributed by atoms with Gasteiger partial charge in [0.1, 0.15) is 11.5 Å². The van der Waals surface area contributed by atoms with Gasteiger partial charge in [0, 0.05) is 57.1 Å². The number of nitrogens with one attached hydrogen (secondary N) is 3. The van der Waals surface area contributed by atoms with Crippen molar-refractivity contribution in [3.8, 4) is 0 Å². The van der Waals surface area contributed by atoms with Crippen molar-refractivity contribution in [2.45, 2.75) is 19.1 Å². The van der Waals surface area contributed by atoms with Gasteiger partial charge in [-0.25, -0.2) is 8.78 Å². The van der Waals surface area contributed by atoms with E-state index in [2.05, 4.69) is 15.5 Å². The lowest BCUT2D eigenvalue weighted by atomic mass is 10.0. The van der Waals surface area contributed by atoms with Crippen LogP contribution in [0, 0.1) is 11.6 Å². The van der Waals surface area contributed by atoms with Crippen molar-refractivity contribution in [1.82, 2.24) is 15.2 Å². The zero-order chi connectivity index (χ0) is 25.5. The summed E-state index contributed by atoms with van der Waals surface area (Å²) in [5.74, 6) is -3.20. The molecule has 1 atom stereocenters. The number of aromatic nitrogens is 1. The Bertz CT molecular complexity index is 1240. The molecule has 0 bridgehead atoms. The molecule has 0 saturated carbocycles. The zero-order valence-electron chi connectivity index (χ0n) is 19.0. The van der Waals surface area contributed by atoms with Gasteiger partial charge in [0.15, 0.2) is 5.82 Å². The first-order chi connectivity index (χ1) is 16.5. The second kappa shape index (κ2) is 9.42. The number of anilines is 2. The van der Waals surface area contributed by atoms with Crippen LogP contribution >= 0.6 is 0 Å². The van der Waals surface area contributed by atoms with Crippen LogP contribution in [-0.4, -0.2) is 61.6 Å². The van der Waals surface area contributed by atoms with Crippen molar-refractivity contribution in [3.05, 3.63) is 63.1 Å². The lowest BCUT2D eigenvalue weighted by molar-refractivity contribution is -0.138. The molecule has 2 aliphatic heterocycles. The van der Waals surface area contributed by atoms with Crippen LogP contribution in [0.3, 0.4) is 0 Å². The summed E-state index contributed by atoms with van der Waals surface area (Å²) in [5, 5.41) is 5.18. The summed E-state index contributed by atoms with van der Waals surface area (Å²) in [6, 6.07) is 1.39. The molecule has 2 aliphatic rings. The summed E-state index contributed by atoms with van der Waals surface area (Å²) < 4.78 is 71.4. The van der Waals surface area contributed by atoms with E-state index in [0.29, 0.717) is 37.9 Å². The van der Waals surface area contributed by atoms with E-state index in [1.165, 1.54) is 0 Å². The highest BCUT2D eigenvalue weighted by molar-refractivity contribution is 6.07. The van der Waals surface area contributed by atoms with Crippen molar-refractivity contribution in [1.29, 1.82) is 0 Å². The van der Waals surface area contributed by atoms with Gasteiger partial charge in [-0.15, -0.1) is 0 Å². The number of alkyl halides is 3. The molecule has 0 aliphatic carbocycles. The monoisotopic (exact) mass is 497 g/mol. The van der Waals surface area contributed by atoms with Gasteiger partial charge >= 0.3 is 6.18 Å². The molecular formula is C23H24F5N5O2. The molecule has 2 aromatic rings. The Morgan fingerprint density at radius 3 is 2.57 bits per heavy atom. The predicted molar refractivity (Wildman–Crippen MR) is 122 cm³/mol. The Morgan fingerprint density at radius 1 is 1.20 bits per heavy atom. The van der Waals surface area contributed by atoms with Crippen LogP contribution in [0.1, 0.15) is 28.4 Å². The molecule has 7 nitrogen and oxygen atoms in total. The Hall–Kier alpha value is -3.25. The van der Waals surface area contributed by atoms with E-state index in [0.717, 1.165) is 6.07 Å². The van der Waals surface area contributed by atoms with Crippen molar-refractivity contribution in [3.63, 3.8) is 0 Å². The number of nitrogens with zero attached hydrogens (tertiary/aromatic N) is 2. The summed E-state index contributed by atoms with van der Waals surface area (Å²) in [5.41, 5.74) is -3.79. The van der Waals surface area contributed by atoms with Gasteiger partial charge in [0.2, 0.25) is 5.56 Å². The lowest BCUT2D eigenvalue weighted by Gasteiger charge is -2.40. The molecule has 1 aromatic heterocycles. The molecule has 1 fully saturated rings. The van der Waals surface area contributed by atoms with E-state index in [-0.39, 0.29) is 29.9 Å². The highest BCUT2D eigenvalue weighted by Gasteiger charge is 2.37. The Morgan fingerprint density at radius 2 is 1.94 bits per heavy atom. The van der Waals surface area contributed by atoms with Gasteiger partial charge in [-0.05, 0) is 19.5 Å². The fourth-order valence-electron chi connectivity index (χ4n) is 4.28. The maximum atomic E-state index is 15.8. The highest BCUT2D eigenvalue weighted by Crippen LogP contribution is 2.38. The molecule has 1 saturated heterocycles. The number of rotatable bonds is 4. The van der Waals surface area contributed by atoms with Crippen LogP contribution in [-0.2, 0) is 6.18 Å². The maximum Gasteiger partial charge on any atom is 0.417 e. The van der Waals surface area contributed by atoms with E-state index in [1.54, 1.807) is 11.0 Å². The van der Waals surface area contributed by atoms with Crippen molar-refractivity contribution < 1.29 is 26.7 Å². The second-order valence-electron chi connectivity index (χ2n) is 8.65. The highest BCUT2D eigenvalue weighted by atomic mass is 19.4. The van der Waals surface area contributed by atoms with Gasteiger partial charge in [-0.1, -0.05) is 6.08 Å². The van der Waals surface area contributed by atoms with E-state index >= 15 is 8.78 Å². The van der Waals surface area contributed by atoms with Crippen LogP contribution in [0.15, 0.2) is 29.2 Å². The fourth-order valence-corrected chi connectivity index (χ4v) is 4.28. The van der Waals surface area contributed by atoms with Crippen LogP contribution < -0.4 is 21.1 Å². The molecule has 35 heavy (non-hydrogen) atoms. The number of hydrogen-bond donors (Lipinski definition) is 3. The van der Waals surface area contributed by atoms with E-state index in [4.69, 9.17) is 0 Å². The summed E-state index contributed by atoms with van der Waals surface area (Å²) in [6.45, 7) is 3.88. The molecule has 0 radical (unpaired) electrons. The number of likely N-dealkylation sites (N-methyl/N-ethyl adjacent to an activating group) is 1. The van der Waals surface area contributed by atoms with Crippen LogP contribution in [0.2, 0.25) is 0 Å². The van der Waals surface area contributed by atoms with Gasteiger partial charge in [0.25, 0.3) is 5.91 Å². The number of halogens is 5. The summed E-state index contributed by atoms with van der Waals surface area (Å²) >= 11 is 0. The third kappa shape index (κ3) is 4.94. The van der Waals surface area contributed by atoms with Gasteiger partial charge in [-0.3, -0.25) is 9.59 Å². The van der Waals surface area contributed by atoms with E-state index in [9.17, 15) is 22.8 Å². The fraction of sp³-hybridized carbons (Fsp3) is 0.391. The minimum absolute atomic E-state index is 0.0240. The second-order valence-corrected chi connectivity index (χ2v) is 8.65.